The fraction of sp³-hybridized carbons (Fsp3) is 0.455. The summed E-state index contributed by atoms with van der Waals surface area (Å²) in [4.78, 5) is 0. The summed E-state index contributed by atoms with van der Waals surface area (Å²) in [5.74, 6) is 0. The highest BCUT2D eigenvalue weighted by atomic mass is 79.9. The predicted molar refractivity (Wildman–Crippen MR) is 58.6 cm³/mol. The Labute approximate surface area is 108 Å². The van der Waals surface area contributed by atoms with Gasteiger partial charge in [-0.05, 0) is 36.6 Å². The lowest BCUT2D eigenvalue weighted by Gasteiger charge is -2.14. The second-order valence-electron chi connectivity index (χ2n) is 3.71. The predicted octanol–water partition coefficient (Wildman–Crippen LogP) is 5.05. The van der Waals surface area contributed by atoms with E-state index in [1.807, 2.05) is 0 Å². The molecule has 7 heteroatoms. The minimum absolute atomic E-state index is 0.0385. The molecule has 0 saturated carbocycles. The summed E-state index contributed by atoms with van der Waals surface area (Å²) >= 11 is 3.08. The SMILES string of the molecule is FC(F)(F)c1cc(CCCBr)cc(C(F)(F)F)c1. The van der Waals surface area contributed by atoms with Crippen LogP contribution in [0.3, 0.4) is 0 Å². The standard InChI is InChI=1S/C11H9BrF6/c12-3-1-2-7-4-8(10(13,14)15)6-9(5-7)11(16,17)18/h4-6H,1-3H2. The fourth-order valence-electron chi connectivity index (χ4n) is 1.43. The molecule has 0 aromatic heterocycles. The van der Waals surface area contributed by atoms with Gasteiger partial charge in [-0.2, -0.15) is 26.3 Å². The first-order chi connectivity index (χ1) is 8.14. The topological polar surface area (TPSA) is 0 Å². The van der Waals surface area contributed by atoms with Crippen molar-refractivity contribution >= 4 is 15.9 Å². The van der Waals surface area contributed by atoms with E-state index in [2.05, 4.69) is 15.9 Å². The van der Waals surface area contributed by atoms with Crippen molar-refractivity contribution in [1.29, 1.82) is 0 Å². The normalized spacial score (nSPS) is 12.8. The Bertz CT molecular complexity index is 375. The van der Waals surface area contributed by atoms with Crippen LogP contribution in [-0.2, 0) is 18.8 Å². The van der Waals surface area contributed by atoms with Crippen LogP contribution in [-0.4, -0.2) is 5.33 Å². The van der Waals surface area contributed by atoms with E-state index in [4.69, 9.17) is 0 Å². The van der Waals surface area contributed by atoms with Crippen molar-refractivity contribution in [3.8, 4) is 0 Å². The second kappa shape index (κ2) is 5.50. The fourth-order valence-corrected chi connectivity index (χ4v) is 1.71. The van der Waals surface area contributed by atoms with Gasteiger partial charge >= 0.3 is 12.4 Å². The summed E-state index contributed by atoms with van der Waals surface area (Å²) in [6.07, 6.45) is -8.91. The van der Waals surface area contributed by atoms with Gasteiger partial charge in [-0.25, -0.2) is 0 Å². The van der Waals surface area contributed by atoms with Crippen molar-refractivity contribution in [3.05, 3.63) is 34.9 Å². The molecule has 0 nitrogen and oxygen atoms in total. The molecule has 0 amide bonds. The van der Waals surface area contributed by atoms with E-state index in [9.17, 15) is 26.3 Å². The molecule has 1 aromatic carbocycles. The molecule has 0 fully saturated rings. The van der Waals surface area contributed by atoms with Crippen molar-refractivity contribution in [1.82, 2.24) is 0 Å². The summed E-state index contributed by atoms with van der Waals surface area (Å²) in [5, 5.41) is 0.518. The molecule has 18 heavy (non-hydrogen) atoms. The maximum absolute atomic E-state index is 12.5. The lowest BCUT2D eigenvalue weighted by atomic mass is 10.0. The average Bonchev–Trinajstić information content (AvgIpc) is 2.23. The van der Waals surface area contributed by atoms with Crippen LogP contribution < -0.4 is 0 Å². The van der Waals surface area contributed by atoms with E-state index in [1.54, 1.807) is 0 Å². The minimum Gasteiger partial charge on any atom is -0.166 e. The van der Waals surface area contributed by atoms with E-state index in [0.29, 0.717) is 11.8 Å². The first kappa shape index (κ1) is 15.3. The van der Waals surface area contributed by atoms with Gasteiger partial charge in [0.05, 0.1) is 11.1 Å². The van der Waals surface area contributed by atoms with Crippen molar-refractivity contribution < 1.29 is 26.3 Å². The molecule has 0 saturated heterocycles. The van der Waals surface area contributed by atoms with Gasteiger partial charge in [0.2, 0.25) is 0 Å². The van der Waals surface area contributed by atoms with E-state index < -0.39 is 23.5 Å². The van der Waals surface area contributed by atoms with Gasteiger partial charge < -0.3 is 0 Å². The average molecular weight is 335 g/mol. The number of aryl methyl sites for hydroxylation is 1. The van der Waals surface area contributed by atoms with Crippen LogP contribution in [0.4, 0.5) is 26.3 Å². The Kier molecular flexibility index (Phi) is 4.69. The van der Waals surface area contributed by atoms with Crippen LogP contribution in [0, 0.1) is 0 Å². The van der Waals surface area contributed by atoms with Gasteiger partial charge in [0.15, 0.2) is 0 Å². The molecule has 0 heterocycles. The van der Waals surface area contributed by atoms with Gasteiger partial charge in [0, 0.05) is 5.33 Å². The lowest BCUT2D eigenvalue weighted by Crippen LogP contribution is -2.11. The molecular weight excluding hydrogens is 326 g/mol. The zero-order chi connectivity index (χ0) is 14.0. The smallest absolute Gasteiger partial charge is 0.166 e. The summed E-state index contributed by atoms with van der Waals surface area (Å²) < 4.78 is 74.9. The Morgan fingerprint density at radius 2 is 1.28 bits per heavy atom. The summed E-state index contributed by atoms with van der Waals surface area (Å²) in [5.41, 5.74) is -2.49. The van der Waals surface area contributed by atoms with Crippen LogP contribution in [0.5, 0.6) is 0 Å². The number of hydrogen-bond donors (Lipinski definition) is 0. The first-order valence-corrected chi connectivity index (χ1v) is 6.11. The van der Waals surface area contributed by atoms with Crippen LogP contribution in [0.25, 0.3) is 0 Å². The third-order valence-electron chi connectivity index (χ3n) is 2.25. The van der Waals surface area contributed by atoms with Crippen molar-refractivity contribution in [2.24, 2.45) is 0 Å². The van der Waals surface area contributed by atoms with Crippen LogP contribution >= 0.6 is 15.9 Å². The number of benzene rings is 1. The summed E-state index contributed by atoms with van der Waals surface area (Å²) in [6, 6.07) is 1.66. The lowest BCUT2D eigenvalue weighted by molar-refractivity contribution is -0.143. The zero-order valence-electron chi connectivity index (χ0n) is 9.00. The molecule has 0 aliphatic rings. The summed E-state index contributed by atoms with van der Waals surface area (Å²) in [7, 11) is 0. The van der Waals surface area contributed by atoms with Gasteiger partial charge in [-0.15, -0.1) is 0 Å². The maximum atomic E-state index is 12.5. The molecule has 0 aliphatic carbocycles. The largest absolute Gasteiger partial charge is 0.416 e. The van der Waals surface area contributed by atoms with Crippen LogP contribution in [0.1, 0.15) is 23.1 Å². The van der Waals surface area contributed by atoms with Crippen LogP contribution in [0.15, 0.2) is 18.2 Å². The molecule has 0 spiro atoms. The molecule has 0 aliphatic heterocycles. The highest BCUT2D eigenvalue weighted by Gasteiger charge is 2.36. The zero-order valence-corrected chi connectivity index (χ0v) is 10.6. The summed E-state index contributed by atoms with van der Waals surface area (Å²) in [6.45, 7) is 0. The van der Waals surface area contributed by atoms with Gasteiger partial charge in [0.25, 0.3) is 0 Å². The molecule has 1 rings (SSSR count). The first-order valence-electron chi connectivity index (χ1n) is 4.99. The Balaban J connectivity index is 3.21. The van der Waals surface area contributed by atoms with Gasteiger partial charge in [-0.1, -0.05) is 15.9 Å². The molecule has 0 unspecified atom stereocenters. The maximum Gasteiger partial charge on any atom is 0.416 e. The molecule has 0 atom stereocenters. The number of hydrogen-bond acceptors (Lipinski definition) is 0. The Morgan fingerprint density at radius 3 is 1.61 bits per heavy atom. The van der Waals surface area contributed by atoms with Crippen LogP contribution in [0.2, 0.25) is 0 Å². The van der Waals surface area contributed by atoms with E-state index in [0.717, 1.165) is 12.1 Å². The van der Waals surface area contributed by atoms with Gasteiger partial charge in [-0.3, -0.25) is 0 Å². The molecule has 1 aromatic rings. The Hall–Kier alpha value is -0.720. The monoisotopic (exact) mass is 334 g/mol. The second-order valence-corrected chi connectivity index (χ2v) is 4.50. The number of rotatable bonds is 3. The Morgan fingerprint density at radius 1 is 0.833 bits per heavy atom. The number of alkyl halides is 7. The van der Waals surface area contributed by atoms with E-state index >= 15 is 0 Å². The number of halogens is 7. The van der Waals surface area contributed by atoms with E-state index in [-0.39, 0.29) is 18.1 Å². The molecular formula is C11H9BrF6. The van der Waals surface area contributed by atoms with Gasteiger partial charge in [0.1, 0.15) is 0 Å². The molecule has 0 bridgehead atoms. The quantitative estimate of drug-likeness (QED) is 0.536. The molecule has 0 radical (unpaired) electrons. The highest BCUT2D eigenvalue weighted by molar-refractivity contribution is 9.09. The molecule has 102 valence electrons. The third kappa shape index (κ3) is 4.19. The van der Waals surface area contributed by atoms with Crippen molar-refractivity contribution in [2.75, 3.05) is 5.33 Å². The third-order valence-corrected chi connectivity index (χ3v) is 2.81. The molecule has 0 N–H and O–H groups in total. The van der Waals surface area contributed by atoms with E-state index in [1.165, 1.54) is 0 Å². The highest BCUT2D eigenvalue weighted by Crippen LogP contribution is 2.36. The van der Waals surface area contributed by atoms with Crippen molar-refractivity contribution in [2.45, 2.75) is 25.2 Å². The van der Waals surface area contributed by atoms with Crippen molar-refractivity contribution in [3.63, 3.8) is 0 Å². The minimum atomic E-state index is -4.77.